The number of anilines is 3. The predicted octanol–water partition coefficient (Wildman–Crippen LogP) is 5.87. The van der Waals surface area contributed by atoms with Crippen molar-refractivity contribution in [2.24, 2.45) is 0 Å². The van der Waals surface area contributed by atoms with Crippen molar-refractivity contribution in [1.29, 1.82) is 0 Å². The Bertz CT molecular complexity index is 1080. The molecule has 0 spiro atoms. The molecule has 8 nitrogen and oxygen atoms in total. The Hall–Kier alpha value is -2.52. The van der Waals surface area contributed by atoms with Gasteiger partial charge in [0.25, 0.3) is 0 Å². The molecule has 2 heterocycles. The summed E-state index contributed by atoms with van der Waals surface area (Å²) in [4.78, 5) is 20.9. The monoisotopic (exact) mass is 448 g/mol. The molecule has 1 aromatic carbocycles. The summed E-state index contributed by atoms with van der Waals surface area (Å²) < 4.78 is 7.24. The molecule has 30 heavy (non-hydrogen) atoms. The summed E-state index contributed by atoms with van der Waals surface area (Å²) in [5.74, 6) is 1.01. The van der Waals surface area contributed by atoms with Crippen molar-refractivity contribution in [3.63, 3.8) is 0 Å². The topological polar surface area (TPSA) is 94.0 Å². The fourth-order valence-electron chi connectivity index (χ4n) is 2.80. The summed E-state index contributed by atoms with van der Waals surface area (Å²) in [6.07, 6.45) is 1.33. The summed E-state index contributed by atoms with van der Waals surface area (Å²) in [7, 11) is 0. The highest BCUT2D eigenvalue weighted by molar-refractivity contribution is 7.98. The summed E-state index contributed by atoms with van der Waals surface area (Å²) >= 11 is 7.49. The normalized spacial score (nSPS) is 11.7. The SMILES string of the molecule is CSc1nc(Cl)cc(Nc2ccc3c(c2)c(NC(=O)OC(C)(C)C)nn3C(C)C)n1. The number of thioether (sulfide) groups is 1. The Morgan fingerprint density at radius 1 is 1.23 bits per heavy atom. The van der Waals surface area contributed by atoms with E-state index in [-0.39, 0.29) is 6.04 Å². The summed E-state index contributed by atoms with van der Waals surface area (Å²) in [6.45, 7) is 9.50. The van der Waals surface area contributed by atoms with E-state index >= 15 is 0 Å². The van der Waals surface area contributed by atoms with Crippen molar-refractivity contribution in [1.82, 2.24) is 19.7 Å². The van der Waals surface area contributed by atoms with Crippen molar-refractivity contribution >= 4 is 57.7 Å². The number of rotatable bonds is 5. The smallest absolute Gasteiger partial charge is 0.413 e. The number of hydrogen-bond donors (Lipinski definition) is 2. The lowest BCUT2D eigenvalue weighted by molar-refractivity contribution is 0.0635. The second-order valence-electron chi connectivity index (χ2n) is 7.93. The van der Waals surface area contributed by atoms with Gasteiger partial charge in [-0.1, -0.05) is 23.4 Å². The Kier molecular flexibility index (Phi) is 6.42. The number of hydrogen-bond acceptors (Lipinski definition) is 7. The van der Waals surface area contributed by atoms with Crippen LogP contribution in [0, 0.1) is 0 Å². The van der Waals surface area contributed by atoms with Gasteiger partial charge in [0, 0.05) is 23.2 Å². The number of benzene rings is 1. The molecule has 0 aliphatic rings. The zero-order valence-corrected chi connectivity index (χ0v) is 19.4. The lowest BCUT2D eigenvalue weighted by Gasteiger charge is -2.19. The van der Waals surface area contributed by atoms with Crippen LogP contribution in [0.25, 0.3) is 10.9 Å². The van der Waals surface area contributed by atoms with Crippen LogP contribution in [0.5, 0.6) is 0 Å². The van der Waals surface area contributed by atoms with Crippen molar-refractivity contribution < 1.29 is 9.53 Å². The minimum Gasteiger partial charge on any atom is -0.444 e. The van der Waals surface area contributed by atoms with E-state index in [2.05, 4.69) is 25.7 Å². The van der Waals surface area contributed by atoms with Gasteiger partial charge >= 0.3 is 6.09 Å². The predicted molar refractivity (Wildman–Crippen MR) is 122 cm³/mol. The zero-order valence-electron chi connectivity index (χ0n) is 17.8. The molecule has 0 aliphatic carbocycles. The van der Waals surface area contributed by atoms with E-state index in [1.165, 1.54) is 11.8 Å². The van der Waals surface area contributed by atoms with Crippen molar-refractivity contribution in [3.8, 4) is 0 Å². The van der Waals surface area contributed by atoms with Crippen LogP contribution >= 0.6 is 23.4 Å². The molecule has 0 radical (unpaired) electrons. The largest absolute Gasteiger partial charge is 0.444 e. The van der Waals surface area contributed by atoms with Gasteiger partial charge in [0.2, 0.25) is 0 Å². The highest BCUT2D eigenvalue weighted by Gasteiger charge is 2.20. The summed E-state index contributed by atoms with van der Waals surface area (Å²) in [5, 5.41) is 12.3. The van der Waals surface area contributed by atoms with Crippen LogP contribution in [0.4, 0.5) is 22.1 Å². The van der Waals surface area contributed by atoms with Crippen LogP contribution in [-0.2, 0) is 4.74 Å². The van der Waals surface area contributed by atoms with Crippen molar-refractivity contribution in [3.05, 3.63) is 29.4 Å². The van der Waals surface area contributed by atoms with Crippen LogP contribution in [0.1, 0.15) is 40.7 Å². The first-order valence-electron chi connectivity index (χ1n) is 9.43. The van der Waals surface area contributed by atoms with Gasteiger partial charge < -0.3 is 10.1 Å². The number of fused-ring (bicyclic) bond motifs is 1. The average Bonchev–Trinajstić information content (AvgIpc) is 2.97. The molecule has 0 aliphatic heterocycles. The third-order valence-electron chi connectivity index (χ3n) is 3.94. The fourth-order valence-corrected chi connectivity index (χ4v) is 3.42. The van der Waals surface area contributed by atoms with Crippen molar-refractivity contribution in [2.45, 2.75) is 51.4 Å². The number of carbonyl (C=O) groups excluding carboxylic acids is 1. The first-order chi connectivity index (χ1) is 14.1. The molecule has 160 valence electrons. The lowest BCUT2D eigenvalue weighted by Crippen LogP contribution is -2.27. The van der Waals surface area contributed by atoms with Gasteiger partial charge in [-0.15, -0.1) is 0 Å². The average molecular weight is 449 g/mol. The van der Waals surface area contributed by atoms with E-state index in [0.717, 1.165) is 16.6 Å². The third kappa shape index (κ3) is 5.34. The third-order valence-corrected chi connectivity index (χ3v) is 4.69. The van der Waals surface area contributed by atoms with Gasteiger partial charge in [-0.3, -0.25) is 10.00 Å². The zero-order chi connectivity index (χ0) is 22.1. The molecule has 1 amide bonds. The van der Waals surface area contributed by atoms with Gasteiger partial charge in [-0.05, 0) is 59.1 Å². The maximum Gasteiger partial charge on any atom is 0.413 e. The highest BCUT2D eigenvalue weighted by atomic mass is 35.5. The quantitative estimate of drug-likeness (QED) is 0.286. The van der Waals surface area contributed by atoms with E-state index in [1.807, 2.05) is 63.8 Å². The molecule has 2 aromatic heterocycles. The second-order valence-corrected chi connectivity index (χ2v) is 9.09. The number of amides is 1. The fraction of sp³-hybridized carbons (Fsp3) is 0.400. The molecule has 2 N–H and O–H groups in total. The van der Waals surface area contributed by atoms with Crippen LogP contribution in [-0.4, -0.2) is 37.7 Å². The second kappa shape index (κ2) is 8.69. The molecule has 0 fully saturated rings. The summed E-state index contributed by atoms with van der Waals surface area (Å²) in [5.41, 5.74) is 1.07. The molecule has 0 atom stereocenters. The highest BCUT2D eigenvalue weighted by Crippen LogP contribution is 2.30. The van der Waals surface area contributed by atoms with E-state index < -0.39 is 11.7 Å². The number of nitrogens with one attached hydrogen (secondary N) is 2. The van der Waals surface area contributed by atoms with E-state index in [0.29, 0.717) is 21.9 Å². The Morgan fingerprint density at radius 3 is 2.60 bits per heavy atom. The summed E-state index contributed by atoms with van der Waals surface area (Å²) in [6, 6.07) is 7.55. The first-order valence-corrected chi connectivity index (χ1v) is 11.0. The van der Waals surface area contributed by atoms with Crippen molar-refractivity contribution in [2.75, 3.05) is 16.9 Å². The molecule has 3 rings (SSSR count). The molecule has 0 saturated heterocycles. The number of carbonyl (C=O) groups is 1. The number of nitrogens with zero attached hydrogens (tertiary/aromatic N) is 4. The number of halogens is 1. The molecular weight excluding hydrogens is 424 g/mol. The van der Waals surface area contributed by atoms with Crippen LogP contribution in [0.15, 0.2) is 29.4 Å². The maximum atomic E-state index is 12.3. The van der Waals surface area contributed by atoms with Gasteiger partial charge in [-0.2, -0.15) is 5.10 Å². The van der Waals surface area contributed by atoms with Crippen LogP contribution in [0.3, 0.4) is 0 Å². The first kappa shape index (κ1) is 22.2. The minimum absolute atomic E-state index is 0.116. The molecule has 10 heteroatoms. The lowest BCUT2D eigenvalue weighted by atomic mass is 10.2. The molecule has 3 aromatic rings. The van der Waals surface area contributed by atoms with Crippen LogP contribution < -0.4 is 10.6 Å². The Morgan fingerprint density at radius 2 is 1.97 bits per heavy atom. The van der Waals surface area contributed by atoms with E-state index in [1.54, 1.807) is 6.07 Å². The van der Waals surface area contributed by atoms with Gasteiger partial charge in [0.1, 0.15) is 16.6 Å². The standard InChI is InChI=1S/C20H25ClN6O2S/c1-11(2)27-14-8-7-12(22-16-10-15(21)23-18(24-16)30-6)9-13(14)17(26-27)25-19(28)29-20(3,4)5/h7-11H,1-6H3,(H,22,23,24)(H,25,26,28). The minimum atomic E-state index is -0.603. The van der Waals surface area contributed by atoms with Crippen LogP contribution in [0.2, 0.25) is 5.15 Å². The van der Waals surface area contributed by atoms with Gasteiger partial charge in [0.05, 0.1) is 5.52 Å². The number of ether oxygens (including phenoxy) is 1. The maximum absolute atomic E-state index is 12.3. The Balaban J connectivity index is 1.97. The van der Waals surface area contributed by atoms with E-state index in [4.69, 9.17) is 16.3 Å². The Labute approximate surface area is 184 Å². The molecule has 0 saturated carbocycles. The van der Waals surface area contributed by atoms with E-state index in [9.17, 15) is 4.79 Å². The molecule has 0 unspecified atom stereocenters. The molecular formula is C20H25ClN6O2S. The molecule has 0 bridgehead atoms. The number of aromatic nitrogens is 4. The van der Waals surface area contributed by atoms with Gasteiger partial charge in [-0.25, -0.2) is 14.8 Å². The van der Waals surface area contributed by atoms with Gasteiger partial charge in [0.15, 0.2) is 11.0 Å².